The summed E-state index contributed by atoms with van der Waals surface area (Å²) in [4.78, 5) is 8.86. The van der Waals surface area contributed by atoms with Crippen LogP contribution in [-0.4, -0.2) is 6.29 Å². The number of hydrogen-bond acceptors (Lipinski definition) is 1. The minimum Gasteiger partial charge on any atom is -0.542 e. The standard InChI is InChI=1S/C2H3O.Y/c1-2-3;/h1H3;/q-1;/i1D;. The Morgan fingerprint density at radius 2 is 2.50 bits per heavy atom. The second-order valence-corrected chi connectivity index (χ2v) is 0.144. The van der Waals surface area contributed by atoms with Gasteiger partial charge in [0.15, 0.2) is 0 Å². The Balaban J connectivity index is 0. The first-order chi connectivity index (χ1) is 1.91. The van der Waals surface area contributed by atoms with Crippen molar-refractivity contribution >= 4 is 6.29 Å². The van der Waals surface area contributed by atoms with E-state index < -0.39 is 0 Å². The Morgan fingerprint density at radius 3 is 2.50 bits per heavy atom. The monoisotopic (exact) mass is 133 g/mol. The van der Waals surface area contributed by atoms with Crippen molar-refractivity contribution in [3.63, 3.8) is 0 Å². The van der Waals surface area contributed by atoms with Gasteiger partial charge in [-0.1, -0.05) is 0 Å². The largest absolute Gasteiger partial charge is 0.542 e. The summed E-state index contributed by atoms with van der Waals surface area (Å²) in [6.45, 7) is -0.236. The zero-order valence-electron chi connectivity index (χ0n) is 3.19. The van der Waals surface area contributed by atoms with Crippen LogP contribution in [0.15, 0.2) is 0 Å². The molecule has 0 aliphatic rings. The van der Waals surface area contributed by atoms with Crippen molar-refractivity contribution in [2.24, 2.45) is 0 Å². The van der Waals surface area contributed by atoms with Gasteiger partial charge in [-0.25, -0.2) is 0 Å². The first kappa shape index (κ1) is 4.77. The second kappa shape index (κ2) is 9.23. The molecule has 0 aromatic rings. The van der Waals surface area contributed by atoms with E-state index in [4.69, 9.17) is 6.17 Å². The summed E-state index contributed by atoms with van der Waals surface area (Å²) in [5.41, 5.74) is 0. The van der Waals surface area contributed by atoms with Crippen molar-refractivity contribution in [1.82, 2.24) is 0 Å². The molecule has 0 aliphatic carbocycles. The molecule has 0 bridgehead atoms. The van der Waals surface area contributed by atoms with Crippen molar-refractivity contribution in [1.29, 1.82) is 0 Å². The minimum absolute atomic E-state index is 0. The van der Waals surface area contributed by atoms with Gasteiger partial charge in [0.05, 0.1) is 0 Å². The molecule has 4 heavy (non-hydrogen) atoms. The van der Waals surface area contributed by atoms with Crippen molar-refractivity contribution in [3.05, 3.63) is 0 Å². The van der Waals surface area contributed by atoms with E-state index in [1.165, 1.54) is 6.29 Å². The van der Waals surface area contributed by atoms with E-state index in [9.17, 15) is 0 Å². The summed E-state index contributed by atoms with van der Waals surface area (Å²) in [5, 5.41) is 0. The number of rotatable bonds is 0. The van der Waals surface area contributed by atoms with Crippen LogP contribution < -0.4 is 0 Å². The van der Waals surface area contributed by atoms with Crippen LogP contribution in [0.25, 0.3) is 0 Å². The Kier molecular flexibility index (Phi) is 11.0. The van der Waals surface area contributed by atoms with Gasteiger partial charge in [0, 0.05) is 32.7 Å². The molecule has 0 aromatic heterocycles. The van der Waals surface area contributed by atoms with Gasteiger partial charge in [-0.2, -0.15) is 6.90 Å². The molecule has 2 heteroatoms. The smallest absolute Gasteiger partial charge is 0 e. The van der Waals surface area contributed by atoms with Gasteiger partial charge in [-0.05, 0) is 1.37 Å². The predicted octanol–water partition coefficient (Wildman–Crippen LogP) is 0.113. The molecule has 0 aromatic carbocycles. The van der Waals surface area contributed by atoms with Crippen LogP contribution in [0.2, 0.25) is 0 Å². The van der Waals surface area contributed by atoms with Gasteiger partial charge < -0.3 is 4.79 Å². The molecular formula is C2H3OY-. The van der Waals surface area contributed by atoms with E-state index >= 15 is 0 Å². The molecule has 0 amide bonds. The molecule has 0 saturated carbocycles. The van der Waals surface area contributed by atoms with Crippen molar-refractivity contribution < 1.29 is 38.9 Å². The maximum Gasteiger partial charge on any atom is 0 e. The van der Waals surface area contributed by atoms with Gasteiger partial charge in [0.1, 0.15) is 0 Å². The molecule has 0 saturated heterocycles. The minimum atomic E-state index is -0.236. The SMILES string of the molecule is [2H]C[C-]=O.[Y]. The van der Waals surface area contributed by atoms with Gasteiger partial charge in [0.2, 0.25) is 0 Å². The third-order valence-corrected chi connectivity index (χ3v) is 0. The van der Waals surface area contributed by atoms with Gasteiger partial charge >= 0.3 is 0 Å². The van der Waals surface area contributed by atoms with Crippen molar-refractivity contribution in [2.75, 3.05) is 0 Å². The summed E-state index contributed by atoms with van der Waals surface area (Å²) in [6, 6.07) is 0. The van der Waals surface area contributed by atoms with Crippen molar-refractivity contribution in [3.8, 4) is 0 Å². The zero-order valence-corrected chi connectivity index (χ0v) is 5.03. The maximum atomic E-state index is 8.86. The molecule has 21 valence electrons. The molecular weight excluding hydrogens is 129 g/mol. The third-order valence-electron chi connectivity index (χ3n) is 0. The average Bonchev–Trinajstić information content (AvgIpc) is 1.37. The molecule has 0 fully saturated rings. The summed E-state index contributed by atoms with van der Waals surface area (Å²) in [6.07, 6.45) is 1.35. The van der Waals surface area contributed by atoms with E-state index in [0.29, 0.717) is 0 Å². The van der Waals surface area contributed by atoms with E-state index in [1.54, 1.807) is 0 Å². The normalized spacial score (nSPS) is 6.50. The molecule has 0 heterocycles. The quantitative estimate of drug-likeness (QED) is 0.428. The fraction of sp³-hybridized carbons (Fsp3) is 0.500. The molecule has 1 nitrogen and oxygen atoms in total. The summed E-state index contributed by atoms with van der Waals surface area (Å²) in [7, 11) is 0. The molecule has 0 N–H and O–H groups in total. The molecule has 0 unspecified atom stereocenters. The molecule has 0 aliphatic heterocycles. The molecule has 1 radical (unpaired) electrons. The van der Waals surface area contributed by atoms with E-state index in [2.05, 4.69) is 0 Å². The first-order valence-electron chi connectivity index (χ1n) is 1.26. The van der Waals surface area contributed by atoms with Gasteiger partial charge in [-0.15, -0.1) is 0 Å². The van der Waals surface area contributed by atoms with Crippen LogP contribution >= 0.6 is 0 Å². The van der Waals surface area contributed by atoms with Crippen LogP contribution in [0, 0.1) is 0 Å². The third kappa shape index (κ3) is 14.6. The van der Waals surface area contributed by atoms with Gasteiger partial charge in [-0.3, -0.25) is 6.29 Å². The Labute approximate surface area is 52.1 Å². The number of hydrogen-bond donors (Lipinski definition) is 0. The Morgan fingerprint density at radius 1 is 2.25 bits per heavy atom. The van der Waals surface area contributed by atoms with Crippen LogP contribution in [0.3, 0.4) is 0 Å². The summed E-state index contributed by atoms with van der Waals surface area (Å²) >= 11 is 0. The number of carbonyl (C=O) groups excluding carboxylic acids is 1. The molecule has 0 atom stereocenters. The van der Waals surface area contributed by atoms with E-state index in [0.717, 1.165) is 0 Å². The summed E-state index contributed by atoms with van der Waals surface area (Å²) in [5.74, 6) is 0. The van der Waals surface area contributed by atoms with Crippen LogP contribution in [0.5, 0.6) is 0 Å². The van der Waals surface area contributed by atoms with E-state index in [1.807, 2.05) is 0 Å². The summed E-state index contributed by atoms with van der Waals surface area (Å²) < 4.78 is 6.03. The zero-order chi connectivity index (χ0) is 3.41. The fourth-order valence-corrected chi connectivity index (χ4v) is 0. The topological polar surface area (TPSA) is 17.1 Å². The molecule has 0 rings (SSSR count). The van der Waals surface area contributed by atoms with E-state index in [-0.39, 0.29) is 39.6 Å². The van der Waals surface area contributed by atoms with Gasteiger partial charge in [0.25, 0.3) is 0 Å². The first-order valence-corrected chi connectivity index (χ1v) is 0.558. The molecule has 0 spiro atoms. The van der Waals surface area contributed by atoms with Crippen LogP contribution in [-0.2, 0) is 37.5 Å². The predicted molar refractivity (Wildman–Crippen MR) is 11.4 cm³/mol. The maximum absolute atomic E-state index is 8.86. The second-order valence-electron chi connectivity index (χ2n) is 0.144. The Bertz CT molecular complexity index is 23.6. The Hall–Kier alpha value is 0.774. The fourth-order valence-electron chi connectivity index (χ4n) is 0. The van der Waals surface area contributed by atoms with Crippen molar-refractivity contribution in [2.45, 2.75) is 6.90 Å². The average molecular weight is 133 g/mol. The van der Waals surface area contributed by atoms with Crippen LogP contribution in [0.1, 0.15) is 8.27 Å². The van der Waals surface area contributed by atoms with Crippen LogP contribution in [0.4, 0.5) is 0 Å².